The first-order valence-corrected chi connectivity index (χ1v) is 16.0. The van der Waals surface area contributed by atoms with Crippen molar-refractivity contribution in [2.45, 2.75) is 22.7 Å². The summed E-state index contributed by atoms with van der Waals surface area (Å²) < 4.78 is 25.5. The number of carbonyl (C=O) groups excluding carboxylic acids is 2. The van der Waals surface area contributed by atoms with E-state index >= 15 is 0 Å². The molecule has 1 atom stereocenters. The zero-order valence-corrected chi connectivity index (χ0v) is 25.6. The SMILES string of the molecule is COc1cc(C2C(C(=O)c3cccs3)=C(O)C(=O)N2c2nnc(SCc3ccc(F)cc3)s2)ccc1OCc1ccccc1. The lowest BCUT2D eigenvalue weighted by Gasteiger charge is -2.24. The molecule has 44 heavy (non-hydrogen) atoms. The Balaban J connectivity index is 1.33. The van der Waals surface area contributed by atoms with Gasteiger partial charge in [-0.05, 0) is 52.4 Å². The highest BCUT2D eigenvalue weighted by molar-refractivity contribution is 8.00. The number of carbonyl (C=O) groups is 2. The van der Waals surface area contributed by atoms with Crippen LogP contribution in [0.15, 0.2) is 106 Å². The third-order valence-corrected chi connectivity index (χ3v) is 9.81. The van der Waals surface area contributed by atoms with Crippen molar-refractivity contribution in [2.24, 2.45) is 0 Å². The molecule has 6 rings (SSSR count). The zero-order chi connectivity index (χ0) is 30.6. The van der Waals surface area contributed by atoms with Gasteiger partial charge in [-0.1, -0.05) is 77.7 Å². The maximum absolute atomic E-state index is 13.7. The van der Waals surface area contributed by atoms with Crippen molar-refractivity contribution >= 4 is 51.3 Å². The van der Waals surface area contributed by atoms with Crippen LogP contribution in [0.2, 0.25) is 0 Å². The van der Waals surface area contributed by atoms with Gasteiger partial charge in [0.25, 0.3) is 5.91 Å². The van der Waals surface area contributed by atoms with E-state index in [0.29, 0.717) is 38.6 Å². The van der Waals surface area contributed by atoms with Crippen LogP contribution in [0.3, 0.4) is 0 Å². The number of ether oxygens (including phenoxy) is 2. The van der Waals surface area contributed by atoms with E-state index in [1.54, 1.807) is 47.8 Å². The first-order chi connectivity index (χ1) is 21.4. The number of thioether (sulfide) groups is 1. The number of Topliss-reactive ketones (excluding diaryl/α,β-unsaturated/α-hetero) is 1. The van der Waals surface area contributed by atoms with Gasteiger partial charge < -0.3 is 14.6 Å². The predicted octanol–water partition coefficient (Wildman–Crippen LogP) is 7.40. The van der Waals surface area contributed by atoms with Gasteiger partial charge in [-0.3, -0.25) is 14.5 Å². The van der Waals surface area contributed by atoms with Crippen molar-refractivity contribution in [3.8, 4) is 11.5 Å². The molecule has 0 spiro atoms. The van der Waals surface area contributed by atoms with Gasteiger partial charge in [0.2, 0.25) is 10.9 Å². The monoisotopic (exact) mass is 645 g/mol. The van der Waals surface area contributed by atoms with Crippen LogP contribution in [-0.4, -0.2) is 34.1 Å². The fourth-order valence-corrected chi connectivity index (χ4v) is 7.18. The summed E-state index contributed by atoms with van der Waals surface area (Å²) in [4.78, 5) is 28.9. The molecule has 3 aromatic carbocycles. The Bertz CT molecular complexity index is 1830. The Labute approximate surface area is 264 Å². The highest BCUT2D eigenvalue weighted by Gasteiger charge is 2.46. The second kappa shape index (κ2) is 13.0. The van der Waals surface area contributed by atoms with Crippen LogP contribution in [0.4, 0.5) is 9.52 Å². The molecular weight excluding hydrogens is 622 g/mol. The molecule has 1 aliphatic rings. The Kier molecular flexibility index (Phi) is 8.73. The minimum atomic E-state index is -1.00. The molecule has 0 saturated heterocycles. The van der Waals surface area contributed by atoms with Gasteiger partial charge in [-0.2, -0.15) is 0 Å². The van der Waals surface area contributed by atoms with Gasteiger partial charge in [0.1, 0.15) is 12.4 Å². The van der Waals surface area contributed by atoms with E-state index in [1.807, 2.05) is 30.3 Å². The zero-order valence-electron chi connectivity index (χ0n) is 23.2. The molecule has 3 heterocycles. The number of hydrogen-bond acceptors (Lipinski definition) is 10. The first-order valence-electron chi connectivity index (χ1n) is 13.3. The van der Waals surface area contributed by atoms with E-state index in [9.17, 15) is 19.1 Å². The van der Waals surface area contributed by atoms with E-state index in [4.69, 9.17) is 9.47 Å². The Morgan fingerprint density at radius 1 is 1.00 bits per heavy atom. The van der Waals surface area contributed by atoms with Crippen LogP contribution in [0.5, 0.6) is 11.5 Å². The number of anilines is 1. The molecule has 0 bridgehead atoms. The molecule has 8 nitrogen and oxygen atoms in total. The summed E-state index contributed by atoms with van der Waals surface area (Å²) in [6, 6.07) is 23.4. The van der Waals surface area contributed by atoms with Gasteiger partial charge in [0.15, 0.2) is 21.6 Å². The number of halogens is 1. The third kappa shape index (κ3) is 6.09. The Morgan fingerprint density at radius 2 is 1.80 bits per heavy atom. The molecule has 1 N–H and O–H groups in total. The van der Waals surface area contributed by atoms with Crippen LogP contribution < -0.4 is 14.4 Å². The van der Waals surface area contributed by atoms with Crippen molar-refractivity contribution in [3.05, 3.63) is 129 Å². The first kappa shape index (κ1) is 29.5. The number of rotatable bonds is 11. The molecule has 0 fully saturated rings. The lowest BCUT2D eigenvalue weighted by molar-refractivity contribution is -0.117. The van der Waals surface area contributed by atoms with Crippen LogP contribution >= 0.6 is 34.4 Å². The largest absolute Gasteiger partial charge is 0.503 e. The fraction of sp³-hybridized carbons (Fsp3) is 0.125. The number of benzene rings is 3. The number of aliphatic hydroxyl groups is 1. The van der Waals surface area contributed by atoms with Gasteiger partial charge >= 0.3 is 0 Å². The van der Waals surface area contributed by atoms with Crippen molar-refractivity contribution in [2.75, 3.05) is 12.0 Å². The lowest BCUT2D eigenvalue weighted by Crippen LogP contribution is -2.31. The summed E-state index contributed by atoms with van der Waals surface area (Å²) in [7, 11) is 1.51. The molecule has 222 valence electrons. The predicted molar refractivity (Wildman–Crippen MR) is 168 cm³/mol. The maximum atomic E-state index is 13.7. The highest BCUT2D eigenvalue weighted by atomic mass is 32.2. The van der Waals surface area contributed by atoms with E-state index in [1.165, 1.54) is 47.2 Å². The fourth-order valence-electron chi connectivity index (χ4n) is 4.68. The second-order valence-electron chi connectivity index (χ2n) is 9.60. The summed E-state index contributed by atoms with van der Waals surface area (Å²) in [5.41, 5.74) is 2.33. The lowest BCUT2D eigenvalue weighted by atomic mass is 9.95. The van der Waals surface area contributed by atoms with Gasteiger partial charge in [-0.15, -0.1) is 21.5 Å². The van der Waals surface area contributed by atoms with E-state index in [-0.39, 0.29) is 16.5 Å². The van der Waals surface area contributed by atoms with Crippen LogP contribution in [0.25, 0.3) is 0 Å². The summed E-state index contributed by atoms with van der Waals surface area (Å²) >= 11 is 3.76. The maximum Gasteiger partial charge on any atom is 0.296 e. The van der Waals surface area contributed by atoms with E-state index in [2.05, 4.69) is 10.2 Å². The Morgan fingerprint density at radius 3 is 2.52 bits per heavy atom. The van der Waals surface area contributed by atoms with Crippen molar-refractivity contribution < 1.29 is 28.6 Å². The molecule has 0 aliphatic carbocycles. The molecule has 1 aliphatic heterocycles. The summed E-state index contributed by atoms with van der Waals surface area (Å²) in [5.74, 6) is -0.796. The molecule has 1 amide bonds. The number of aliphatic hydroxyl groups excluding tert-OH is 1. The molecule has 5 aromatic rings. The number of amides is 1. The van der Waals surface area contributed by atoms with E-state index < -0.39 is 23.5 Å². The number of ketones is 1. The molecular formula is C32H24FN3O5S3. The van der Waals surface area contributed by atoms with Crippen molar-refractivity contribution in [1.29, 1.82) is 0 Å². The summed E-state index contributed by atoms with van der Waals surface area (Å²) in [6.45, 7) is 0.316. The molecule has 2 aromatic heterocycles. The van der Waals surface area contributed by atoms with Crippen LogP contribution in [0.1, 0.15) is 32.4 Å². The topological polar surface area (TPSA) is 102 Å². The van der Waals surface area contributed by atoms with Gasteiger partial charge in [0, 0.05) is 5.75 Å². The average molecular weight is 646 g/mol. The minimum Gasteiger partial charge on any atom is -0.503 e. The number of methoxy groups -OCH3 is 1. The molecule has 1 unspecified atom stereocenters. The van der Waals surface area contributed by atoms with Crippen molar-refractivity contribution in [3.63, 3.8) is 0 Å². The average Bonchev–Trinajstić information content (AvgIpc) is 3.81. The minimum absolute atomic E-state index is 0.0619. The van der Waals surface area contributed by atoms with E-state index in [0.717, 1.165) is 22.5 Å². The van der Waals surface area contributed by atoms with Crippen molar-refractivity contribution in [1.82, 2.24) is 10.2 Å². The van der Waals surface area contributed by atoms with Crippen LogP contribution in [-0.2, 0) is 17.2 Å². The molecule has 0 radical (unpaired) electrons. The summed E-state index contributed by atoms with van der Waals surface area (Å²) in [6.07, 6.45) is 0. The number of hydrogen-bond donors (Lipinski definition) is 1. The van der Waals surface area contributed by atoms with Crippen LogP contribution in [0, 0.1) is 5.82 Å². The van der Waals surface area contributed by atoms with Gasteiger partial charge in [-0.25, -0.2) is 4.39 Å². The highest BCUT2D eigenvalue weighted by Crippen LogP contribution is 2.45. The Hall–Kier alpha value is -4.52. The van der Waals surface area contributed by atoms with Gasteiger partial charge in [0.05, 0.1) is 23.6 Å². The number of nitrogens with zero attached hydrogens (tertiary/aromatic N) is 3. The molecule has 0 saturated carbocycles. The smallest absolute Gasteiger partial charge is 0.296 e. The normalized spacial score (nSPS) is 14.7. The third-order valence-electron chi connectivity index (χ3n) is 6.82. The quantitative estimate of drug-likeness (QED) is 0.0901. The number of aromatic nitrogens is 2. The molecule has 12 heteroatoms. The summed E-state index contributed by atoms with van der Waals surface area (Å²) in [5, 5.41) is 21.6. The number of thiophene rings is 1. The second-order valence-corrected chi connectivity index (χ2v) is 12.7. The standard InChI is InChI=1S/C32H24FN3O5S3/c1-40-24-16-21(11-14-23(24)41-17-19-6-3-2-4-7-19)27-26(28(37)25-8-5-15-42-25)29(38)30(39)36(27)31-34-35-32(44-31)43-18-20-9-12-22(33)13-10-20/h2-16,27,38H,17-18H2,1H3.